The van der Waals surface area contributed by atoms with Gasteiger partial charge in [0, 0.05) is 11.0 Å². The maximum atomic E-state index is 5.50. The number of hydrogen-bond acceptors (Lipinski definition) is 4. The van der Waals surface area contributed by atoms with E-state index < -0.39 is 0 Å². The quantitative estimate of drug-likeness (QED) is 0.878. The Labute approximate surface area is 101 Å². The fourth-order valence-corrected chi connectivity index (χ4v) is 3.53. The summed E-state index contributed by atoms with van der Waals surface area (Å²) >= 11 is 2.02. The van der Waals surface area contributed by atoms with Gasteiger partial charge in [0.2, 0.25) is 0 Å². The maximum Gasteiger partial charge on any atom is 0.141 e. The Morgan fingerprint density at radius 1 is 1.38 bits per heavy atom. The van der Waals surface area contributed by atoms with Crippen molar-refractivity contribution in [3.8, 4) is 0 Å². The summed E-state index contributed by atoms with van der Waals surface area (Å²) in [5, 5.41) is 0.808. The van der Waals surface area contributed by atoms with Gasteiger partial charge in [0.15, 0.2) is 0 Å². The molecule has 2 N–H and O–H groups in total. The smallest absolute Gasteiger partial charge is 0.141 e. The van der Waals surface area contributed by atoms with E-state index in [0.717, 1.165) is 22.6 Å². The van der Waals surface area contributed by atoms with Gasteiger partial charge in [-0.3, -0.25) is 4.98 Å². The monoisotopic (exact) mass is 237 g/mol. The average Bonchev–Trinajstić information content (AvgIpc) is 2.28. The fraction of sp³-hybridized carbons (Fsp3) is 0.667. The van der Waals surface area contributed by atoms with Gasteiger partial charge in [0.1, 0.15) is 5.82 Å². The van der Waals surface area contributed by atoms with Gasteiger partial charge in [-0.2, -0.15) is 11.8 Å². The average molecular weight is 237 g/mol. The van der Waals surface area contributed by atoms with Crippen molar-refractivity contribution < 1.29 is 0 Å². The molecule has 0 amide bonds. The minimum atomic E-state index is 0.500. The second-order valence-electron chi connectivity index (χ2n) is 4.64. The van der Waals surface area contributed by atoms with E-state index in [9.17, 15) is 0 Å². The Morgan fingerprint density at radius 3 is 2.94 bits per heavy atom. The van der Waals surface area contributed by atoms with E-state index in [-0.39, 0.29) is 0 Å². The van der Waals surface area contributed by atoms with Crippen LogP contribution in [0.3, 0.4) is 0 Å². The molecule has 1 aromatic rings. The molecule has 88 valence electrons. The molecule has 2 unspecified atom stereocenters. The van der Waals surface area contributed by atoms with Gasteiger partial charge in [-0.15, -0.1) is 0 Å². The molecule has 2 atom stereocenters. The molecule has 2 rings (SSSR count). The van der Waals surface area contributed by atoms with E-state index in [2.05, 4.69) is 16.9 Å². The third-order valence-corrected chi connectivity index (χ3v) is 4.44. The van der Waals surface area contributed by atoms with Crippen LogP contribution in [-0.2, 0) is 5.75 Å². The molecule has 16 heavy (non-hydrogen) atoms. The Bertz CT molecular complexity index is 326. The van der Waals surface area contributed by atoms with Crippen LogP contribution < -0.4 is 5.73 Å². The Hall–Kier alpha value is -0.770. The standard InChI is InChI=1S/C12H19N3S/c1-9-3-2-4-11(5-9)16-8-10-6-15-12(13)7-14-10/h6-7,9,11H,2-5,8H2,1H3,(H2,13,15). The van der Waals surface area contributed by atoms with Crippen molar-refractivity contribution >= 4 is 17.6 Å². The number of nitrogens with zero attached hydrogens (tertiary/aromatic N) is 2. The Kier molecular flexibility index (Phi) is 4.04. The third-order valence-electron chi connectivity index (χ3n) is 3.08. The van der Waals surface area contributed by atoms with Gasteiger partial charge in [-0.25, -0.2) is 4.98 Å². The molecule has 1 fully saturated rings. The molecule has 0 aliphatic heterocycles. The van der Waals surface area contributed by atoms with Crippen LogP contribution in [-0.4, -0.2) is 15.2 Å². The highest BCUT2D eigenvalue weighted by molar-refractivity contribution is 7.99. The number of nitrogen functional groups attached to an aromatic ring is 1. The van der Waals surface area contributed by atoms with Crippen molar-refractivity contribution in [1.82, 2.24) is 9.97 Å². The van der Waals surface area contributed by atoms with Crippen LogP contribution in [0.5, 0.6) is 0 Å². The maximum absolute atomic E-state index is 5.50. The summed E-state index contributed by atoms with van der Waals surface area (Å²) in [7, 11) is 0. The van der Waals surface area contributed by atoms with Gasteiger partial charge in [0.05, 0.1) is 18.1 Å². The highest BCUT2D eigenvalue weighted by atomic mass is 32.2. The first-order chi connectivity index (χ1) is 7.74. The van der Waals surface area contributed by atoms with Crippen LogP contribution in [0.4, 0.5) is 5.82 Å². The Morgan fingerprint density at radius 2 is 2.25 bits per heavy atom. The molecule has 1 saturated carbocycles. The van der Waals surface area contributed by atoms with Crippen molar-refractivity contribution in [1.29, 1.82) is 0 Å². The molecule has 1 aliphatic rings. The van der Waals surface area contributed by atoms with Crippen LogP contribution in [0, 0.1) is 5.92 Å². The lowest BCUT2D eigenvalue weighted by molar-refractivity contribution is 0.394. The molecule has 0 spiro atoms. The van der Waals surface area contributed by atoms with E-state index >= 15 is 0 Å². The molecule has 3 nitrogen and oxygen atoms in total. The molecule has 0 saturated heterocycles. The van der Waals surface area contributed by atoms with Gasteiger partial charge >= 0.3 is 0 Å². The molecular formula is C12H19N3S. The predicted molar refractivity (Wildman–Crippen MR) is 69.2 cm³/mol. The lowest BCUT2D eigenvalue weighted by atomic mass is 9.91. The summed E-state index contributed by atoms with van der Waals surface area (Å²) in [5.41, 5.74) is 6.54. The minimum absolute atomic E-state index is 0.500. The number of nitrogens with two attached hydrogens (primary N) is 1. The SMILES string of the molecule is CC1CCCC(SCc2cnc(N)cn2)C1. The van der Waals surface area contributed by atoms with Crippen LogP contribution in [0.2, 0.25) is 0 Å². The minimum Gasteiger partial charge on any atom is -0.382 e. The van der Waals surface area contributed by atoms with Gasteiger partial charge in [-0.1, -0.05) is 19.8 Å². The van der Waals surface area contributed by atoms with Crippen molar-refractivity contribution in [2.24, 2.45) is 5.92 Å². The number of rotatable bonds is 3. The molecule has 0 bridgehead atoms. The van der Waals surface area contributed by atoms with E-state index in [1.807, 2.05) is 11.8 Å². The van der Waals surface area contributed by atoms with E-state index in [4.69, 9.17) is 5.73 Å². The first-order valence-corrected chi connectivity index (χ1v) is 6.97. The first kappa shape index (κ1) is 11.7. The van der Waals surface area contributed by atoms with E-state index in [1.54, 1.807) is 12.4 Å². The zero-order chi connectivity index (χ0) is 11.4. The number of aromatic nitrogens is 2. The zero-order valence-corrected chi connectivity index (χ0v) is 10.5. The summed E-state index contributed by atoms with van der Waals surface area (Å²) in [6, 6.07) is 0. The molecule has 0 aromatic carbocycles. The number of anilines is 1. The van der Waals surface area contributed by atoms with Gasteiger partial charge in [0.25, 0.3) is 0 Å². The van der Waals surface area contributed by atoms with Crippen molar-refractivity contribution in [2.75, 3.05) is 5.73 Å². The van der Waals surface area contributed by atoms with Crippen LogP contribution in [0.1, 0.15) is 38.3 Å². The van der Waals surface area contributed by atoms with Gasteiger partial charge < -0.3 is 5.73 Å². The molecule has 1 heterocycles. The zero-order valence-electron chi connectivity index (χ0n) is 9.72. The summed E-state index contributed by atoms with van der Waals surface area (Å²) < 4.78 is 0. The van der Waals surface area contributed by atoms with E-state index in [1.165, 1.54) is 25.7 Å². The first-order valence-electron chi connectivity index (χ1n) is 5.92. The topological polar surface area (TPSA) is 51.8 Å². The Balaban J connectivity index is 1.80. The molecular weight excluding hydrogens is 218 g/mol. The van der Waals surface area contributed by atoms with Crippen molar-refractivity contribution in [3.05, 3.63) is 18.1 Å². The fourth-order valence-electron chi connectivity index (χ4n) is 2.17. The summed E-state index contributed by atoms with van der Waals surface area (Å²) in [5.74, 6) is 2.36. The lowest BCUT2D eigenvalue weighted by Crippen LogP contribution is -2.15. The largest absolute Gasteiger partial charge is 0.382 e. The highest BCUT2D eigenvalue weighted by Gasteiger charge is 2.19. The molecule has 4 heteroatoms. The van der Waals surface area contributed by atoms with Gasteiger partial charge in [-0.05, 0) is 18.8 Å². The van der Waals surface area contributed by atoms with Crippen LogP contribution in [0.25, 0.3) is 0 Å². The second kappa shape index (κ2) is 5.53. The van der Waals surface area contributed by atoms with Crippen LogP contribution >= 0.6 is 11.8 Å². The summed E-state index contributed by atoms with van der Waals surface area (Å²) in [6.07, 6.45) is 8.92. The summed E-state index contributed by atoms with van der Waals surface area (Å²) in [6.45, 7) is 2.36. The molecule has 1 aliphatic carbocycles. The predicted octanol–water partition coefficient (Wildman–Crippen LogP) is 2.87. The lowest BCUT2D eigenvalue weighted by Gasteiger charge is -2.25. The van der Waals surface area contributed by atoms with E-state index in [0.29, 0.717) is 5.82 Å². The molecule has 0 radical (unpaired) electrons. The summed E-state index contributed by atoms with van der Waals surface area (Å²) in [4.78, 5) is 8.33. The van der Waals surface area contributed by atoms with Crippen molar-refractivity contribution in [3.63, 3.8) is 0 Å². The number of hydrogen-bond donors (Lipinski definition) is 1. The molecule has 1 aromatic heterocycles. The van der Waals surface area contributed by atoms with Crippen molar-refractivity contribution in [2.45, 2.75) is 43.6 Å². The normalized spacial score (nSPS) is 25.6. The van der Waals surface area contributed by atoms with Crippen LogP contribution in [0.15, 0.2) is 12.4 Å². The second-order valence-corrected chi connectivity index (χ2v) is 5.93. The number of thioether (sulfide) groups is 1. The highest BCUT2D eigenvalue weighted by Crippen LogP contribution is 2.33. The third kappa shape index (κ3) is 3.37.